The maximum Gasteiger partial charge on any atom is 0.304 e. The molecule has 3 aromatic carbocycles. The number of carboxylic acids is 1. The first-order valence-electron chi connectivity index (χ1n) is 12.9. The van der Waals surface area contributed by atoms with Crippen molar-refractivity contribution >= 4 is 67.8 Å². The number of hydrogen-bond acceptors (Lipinski definition) is 7. The zero-order valence-corrected chi connectivity index (χ0v) is 25.7. The van der Waals surface area contributed by atoms with Crippen LogP contribution >= 0.6 is 35.0 Å². The standard InChI is InChI=1S/C30H28Cl2N2O6S2/c1-42(38,39)34-30(37)26-16-22(31)9-5-19(26)8-12-28(41-14-13-29(35)36)21-3-2-4-25(15-21)40-18-24-11-7-20-6-10-23(32)17-27(20)33-24/h2-7,9-11,15-17,28H,8,12-14,18H2,1H3,(H,34,37)(H,35,36). The number of halogens is 2. The molecule has 1 amide bonds. The maximum atomic E-state index is 12.7. The number of nitrogens with one attached hydrogen (secondary N) is 1. The lowest BCUT2D eigenvalue weighted by molar-refractivity contribution is -0.136. The first-order valence-corrected chi connectivity index (χ1v) is 16.6. The van der Waals surface area contributed by atoms with Gasteiger partial charge < -0.3 is 9.84 Å². The fourth-order valence-electron chi connectivity index (χ4n) is 4.30. The van der Waals surface area contributed by atoms with E-state index in [4.69, 9.17) is 27.9 Å². The Kier molecular flexibility index (Phi) is 10.7. The number of hydrogen-bond donors (Lipinski definition) is 2. The second-order valence-electron chi connectivity index (χ2n) is 9.55. The zero-order valence-electron chi connectivity index (χ0n) is 22.5. The lowest BCUT2D eigenvalue weighted by Gasteiger charge is -2.19. The highest BCUT2D eigenvalue weighted by molar-refractivity contribution is 7.99. The smallest absolute Gasteiger partial charge is 0.304 e. The Labute approximate surface area is 258 Å². The number of benzene rings is 3. The molecule has 1 atom stereocenters. The van der Waals surface area contributed by atoms with Crippen molar-refractivity contribution in [3.8, 4) is 5.75 Å². The molecule has 4 aromatic rings. The highest BCUT2D eigenvalue weighted by atomic mass is 35.5. The number of carboxylic acid groups (broad SMARTS) is 1. The van der Waals surface area contributed by atoms with E-state index in [1.54, 1.807) is 18.2 Å². The Hall–Kier alpha value is -3.31. The molecule has 4 rings (SSSR count). The molecule has 2 N–H and O–H groups in total. The fourth-order valence-corrected chi connectivity index (χ4v) is 6.28. The number of carbonyl (C=O) groups excluding carboxylic acids is 1. The highest BCUT2D eigenvalue weighted by Gasteiger charge is 2.19. The molecule has 0 saturated carbocycles. The van der Waals surface area contributed by atoms with Crippen molar-refractivity contribution in [2.75, 3.05) is 12.0 Å². The van der Waals surface area contributed by atoms with Gasteiger partial charge >= 0.3 is 5.97 Å². The number of nitrogens with zero attached hydrogens (tertiary/aromatic N) is 1. The van der Waals surface area contributed by atoms with Gasteiger partial charge in [0.2, 0.25) is 10.0 Å². The number of sulfonamides is 1. The third-order valence-electron chi connectivity index (χ3n) is 6.23. The summed E-state index contributed by atoms with van der Waals surface area (Å²) in [6, 6.07) is 21.7. The van der Waals surface area contributed by atoms with Crippen molar-refractivity contribution in [1.29, 1.82) is 0 Å². The first kappa shape index (κ1) is 31.6. The summed E-state index contributed by atoms with van der Waals surface area (Å²) < 4.78 is 31.3. The van der Waals surface area contributed by atoms with Crippen LogP contribution in [0.25, 0.3) is 10.9 Å². The number of thioether (sulfide) groups is 1. The molecule has 0 saturated heterocycles. The molecular formula is C30H28Cl2N2O6S2. The number of rotatable bonds is 13. The Morgan fingerprint density at radius 1 is 1.02 bits per heavy atom. The number of carbonyl (C=O) groups is 2. The molecule has 1 heterocycles. The van der Waals surface area contributed by atoms with Crippen LogP contribution in [0.1, 0.15) is 45.3 Å². The molecule has 0 aliphatic carbocycles. The van der Waals surface area contributed by atoms with Crippen LogP contribution in [0.4, 0.5) is 0 Å². The highest BCUT2D eigenvalue weighted by Crippen LogP contribution is 2.36. The summed E-state index contributed by atoms with van der Waals surface area (Å²) in [4.78, 5) is 28.5. The number of pyridine rings is 1. The summed E-state index contributed by atoms with van der Waals surface area (Å²) in [7, 11) is -3.77. The van der Waals surface area contributed by atoms with Crippen LogP contribution in [0.3, 0.4) is 0 Å². The summed E-state index contributed by atoms with van der Waals surface area (Å²) in [5.41, 5.74) is 3.24. The van der Waals surface area contributed by atoms with E-state index in [2.05, 4.69) is 4.98 Å². The molecule has 0 bridgehead atoms. The van der Waals surface area contributed by atoms with Crippen LogP contribution in [0.15, 0.2) is 72.8 Å². The predicted octanol–water partition coefficient (Wildman–Crippen LogP) is 6.69. The quantitative estimate of drug-likeness (QED) is 0.165. The van der Waals surface area contributed by atoms with Gasteiger partial charge in [0.05, 0.1) is 23.9 Å². The van der Waals surface area contributed by atoms with Crippen LogP contribution in [-0.2, 0) is 27.8 Å². The molecule has 0 aliphatic rings. The zero-order chi connectivity index (χ0) is 30.3. The molecule has 12 heteroatoms. The van der Waals surface area contributed by atoms with Crippen molar-refractivity contribution in [2.24, 2.45) is 0 Å². The average molecular weight is 648 g/mol. The van der Waals surface area contributed by atoms with E-state index in [0.717, 1.165) is 28.4 Å². The maximum absolute atomic E-state index is 12.7. The molecular weight excluding hydrogens is 619 g/mol. The van der Waals surface area contributed by atoms with E-state index in [9.17, 15) is 23.1 Å². The summed E-state index contributed by atoms with van der Waals surface area (Å²) in [5.74, 6) is -0.634. The van der Waals surface area contributed by atoms with Gasteiger partial charge in [-0.05, 0) is 66.4 Å². The van der Waals surface area contributed by atoms with Crippen molar-refractivity contribution in [2.45, 2.75) is 31.1 Å². The Bertz CT molecular complexity index is 1720. The van der Waals surface area contributed by atoms with Crippen molar-refractivity contribution in [3.63, 3.8) is 0 Å². The summed E-state index contributed by atoms with van der Waals surface area (Å²) in [6.45, 7) is 0.242. The number of aromatic nitrogens is 1. The molecule has 1 unspecified atom stereocenters. The fraction of sp³-hybridized carbons (Fsp3) is 0.233. The van der Waals surface area contributed by atoms with Gasteiger partial charge in [0, 0.05) is 32.0 Å². The van der Waals surface area contributed by atoms with E-state index in [1.165, 1.54) is 17.8 Å². The van der Waals surface area contributed by atoms with E-state index in [1.807, 2.05) is 53.3 Å². The predicted molar refractivity (Wildman–Crippen MR) is 167 cm³/mol. The molecule has 0 aliphatic heterocycles. The second kappa shape index (κ2) is 14.2. The van der Waals surface area contributed by atoms with Gasteiger partial charge in [-0.3, -0.25) is 9.59 Å². The van der Waals surface area contributed by atoms with Crippen LogP contribution in [0.2, 0.25) is 10.0 Å². The number of ether oxygens (including phenoxy) is 1. The van der Waals surface area contributed by atoms with E-state index < -0.39 is 21.9 Å². The minimum atomic E-state index is -3.77. The van der Waals surface area contributed by atoms with Crippen LogP contribution in [0, 0.1) is 0 Å². The Morgan fingerprint density at radius 2 is 1.76 bits per heavy atom. The monoisotopic (exact) mass is 646 g/mol. The summed E-state index contributed by atoms with van der Waals surface area (Å²) >= 11 is 13.7. The third-order valence-corrected chi connectivity index (χ3v) is 8.61. The largest absolute Gasteiger partial charge is 0.487 e. The molecule has 1 aromatic heterocycles. The number of amides is 1. The topological polar surface area (TPSA) is 123 Å². The second-order valence-corrected chi connectivity index (χ2v) is 13.5. The van der Waals surface area contributed by atoms with Crippen LogP contribution < -0.4 is 9.46 Å². The first-order chi connectivity index (χ1) is 20.0. The molecule has 220 valence electrons. The van der Waals surface area contributed by atoms with Crippen molar-refractivity contribution < 1.29 is 27.9 Å². The minimum Gasteiger partial charge on any atom is -0.487 e. The molecule has 42 heavy (non-hydrogen) atoms. The lowest BCUT2D eigenvalue weighted by Crippen LogP contribution is -2.30. The molecule has 0 fully saturated rings. The molecule has 0 spiro atoms. The van der Waals surface area contributed by atoms with E-state index in [-0.39, 0.29) is 23.8 Å². The Morgan fingerprint density at radius 3 is 2.52 bits per heavy atom. The third kappa shape index (κ3) is 9.35. The van der Waals surface area contributed by atoms with Gasteiger partial charge in [-0.1, -0.05) is 53.5 Å². The van der Waals surface area contributed by atoms with Gasteiger partial charge in [-0.25, -0.2) is 18.1 Å². The lowest BCUT2D eigenvalue weighted by atomic mass is 9.99. The number of aliphatic carboxylic acids is 1. The number of aryl methyl sites for hydroxylation is 1. The Balaban J connectivity index is 1.51. The van der Waals surface area contributed by atoms with Gasteiger partial charge in [-0.2, -0.15) is 11.8 Å². The normalized spacial score (nSPS) is 12.2. The summed E-state index contributed by atoms with van der Waals surface area (Å²) in [5, 5.41) is 10.9. The average Bonchev–Trinajstić information content (AvgIpc) is 2.93. The van der Waals surface area contributed by atoms with E-state index in [0.29, 0.717) is 40.0 Å². The van der Waals surface area contributed by atoms with Crippen LogP contribution in [-0.4, -0.2) is 42.4 Å². The van der Waals surface area contributed by atoms with Gasteiger partial charge in [0.15, 0.2) is 0 Å². The van der Waals surface area contributed by atoms with Crippen molar-refractivity contribution in [3.05, 3.63) is 105 Å². The van der Waals surface area contributed by atoms with Gasteiger partial charge in [-0.15, -0.1) is 0 Å². The summed E-state index contributed by atoms with van der Waals surface area (Å²) in [6.07, 6.45) is 1.87. The number of fused-ring (bicyclic) bond motifs is 1. The van der Waals surface area contributed by atoms with Crippen molar-refractivity contribution in [1.82, 2.24) is 9.71 Å². The molecule has 8 nitrogen and oxygen atoms in total. The van der Waals surface area contributed by atoms with Gasteiger partial charge in [0.1, 0.15) is 12.4 Å². The SMILES string of the molecule is CS(=O)(=O)NC(=O)c1cc(Cl)ccc1CCC(SCCC(=O)O)c1cccc(OCc2ccc3ccc(Cl)cc3n2)c1. The van der Waals surface area contributed by atoms with Gasteiger partial charge in [0.25, 0.3) is 5.91 Å². The van der Waals surface area contributed by atoms with E-state index >= 15 is 0 Å². The molecule has 0 radical (unpaired) electrons. The minimum absolute atomic E-state index is 0.00202. The van der Waals surface area contributed by atoms with Crippen LogP contribution in [0.5, 0.6) is 5.75 Å².